The molecular weight excluding hydrogens is 232 g/mol. The Hall–Kier alpha value is -0.0800. The molecule has 0 aromatic carbocycles. The van der Waals surface area contributed by atoms with Crippen molar-refractivity contribution in [2.75, 3.05) is 13.1 Å². The fourth-order valence-electron chi connectivity index (χ4n) is 3.57. The second kappa shape index (κ2) is 8.97. The van der Waals surface area contributed by atoms with Crippen molar-refractivity contribution in [1.82, 2.24) is 5.32 Å². The molecule has 1 saturated carbocycles. The molecule has 0 aromatic heterocycles. The predicted molar refractivity (Wildman–Crippen MR) is 85.3 cm³/mol. The summed E-state index contributed by atoms with van der Waals surface area (Å²) in [6.45, 7) is 8.88. The molecule has 0 amide bonds. The number of nitrogens with one attached hydrogen (secondary N) is 1. The molecule has 1 fully saturated rings. The molecule has 1 rings (SSSR count). The van der Waals surface area contributed by atoms with Crippen LogP contribution >= 0.6 is 0 Å². The van der Waals surface area contributed by atoms with E-state index in [9.17, 15) is 0 Å². The lowest BCUT2D eigenvalue weighted by atomic mass is 9.88. The van der Waals surface area contributed by atoms with E-state index in [2.05, 4.69) is 26.1 Å². The third-order valence-electron chi connectivity index (χ3n) is 5.31. The summed E-state index contributed by atoms with van der Waals surface area (Å²) in [7, 11) is 0. The predicted octanol–water partition coefficient (Wildman–Crippen LogP) is 4.09. The Kier molecular flexibility index (Phi) is 8.01. The van der Waals surface area contributed by atoms with Gasteiger partial charge in [-0.3, -0.25) is 0 Å². The number of rotatable bonds is 8. The maximum Gasteiger partial charge on any atom is 0.0304 e. The van der Waals surface area contributed by atoms with Crippen LogP contribution in [0.1, 0.15) is 78.6 Å². The summed E-state index contributed by atoms with van der Waals surface area (Å²) in [5.74, 6) is 1.77. The van der Waals surface area contributed by atoms with Crippen LogP contribution in [0.3, 0.4) is 0 Å². The van der Waals surface area contributed by atoms with Gasteiger partial charge in [-0.25, -0.2) is 0 Å². The molecule has 2 atom stereocenters. The molecule has 2 unspecified atom stereocenters. The maximum atomic E-state index is 6.13. The zero-order chi connectivity index (χ0) is 14.1. The van der Waals surface area contributed by atoms with E-state index in [4.69, 9.17) is 5.73 Å². The molecule has 0 saturated heterocycles. The molecule has 0 aliphatic heterocycles. The Balaban J connectivity index is 2.50. The Morgan fingerprint density at radius 2 is 1.89 bits per heavy atom. The van der Waals surface area contributed by atoms with Gasteiger partial charge < -0.3 is 11.1 Å². The molecule has 3 N–H and O–H groups in total. The van der Waals surface area contributed by atoms with Gasteiger partial charge >= 0.3 is 0 Å². The summed E-state index contributed by atoms with van der Waals surface area (Å²) in [5.41, 5.74) is 6.37. The molecule has 0 heterocycles. The highest BCUT2D eigenvalue weighted by Crippen LogP contribution is 2.32. The van der Waals surface area contributed by atoms with Crippen LogP contribution in [-0.2, 0) is 0 Å². The summed E-state index contributed by atoms with van der Waals surface area (Å²) in [6.07, 6.45) is 12.0. The first-order valence-electron chi connectivity index (χ1n) is 8.64. The number of hydrogen-bond donors (Lipinski definition) is 2. The van der Waals surface area contributed by atoms with E-state index >= 15 is 0 Å². The lowest BCUT2D eigenvalue weighted by Crippen LogP contribution is -2.52. The molecule has 114 valence electrons. The van der Waals surface area contributed by atoms with Crippen LogP contribution in [0.5, 0.6) is 0 Å². The van der Waals surface area contributed by atoms with Crippen molar-refractivity contribution in [1.29, 1.82) is 0 Å². The van der Waals surface area contributed by atoms with Gasteiger partial charge in [-0.2, -0.15) is 0 Å². The summed E-state index contributed by atoms with van der Waals surface area (Å²) >= 11 is 0. The van der Waals surface area contributed by atoms with Crippen molar-refractivity contribution >= 4 is 0 Å². The highest BCUT2D eigenvalue weighted by molar-refractivity contribution is 4.92. The topological polar surface area (TPSA) is 38.0 Å². The quantitative estimate of drug-likeness (QED) is 0.651. The Labute approximate surface area is 120 Å². The molecule has 0 spiro atoms. The van der Waals surface area contributed by atoms with E-state index in [1.165, 1.54) is 57.8 Å². The van der Waals surface area contributed by atoms with E-state index in [0.29, 0.717) is 0 Å². The lowest BCUT2D eigenvalue weighted by molar-refractivity contribution is 0.263. The Morgan fingerprint density at radius 3 is 2.47 bits per heavy atom. The van der Waals surface area contributed by atoms with Gasteiger partial charge in [-0.05, 0) is 37.6 Å². The first-order valence-corrected chi connectivity index (χ1v) is 8.64. The van der Waals surface area contributed by atoms with Crippen molar-refractivity contribution in [2.24, 2.45) is 17.6 Å². The van der Waals surface area contributed by atoms with Crippen LogP contribution < -0.4 is 11.1 Å². The fourth-order valence-corrected chi connectivity index (χ4v) is 3.57. The van der Waals surface area contributed by atoms with Gasteiger partial charge in [0.25, 0.3) is 0 Å². The van der Waals surface area contributed by atoms with Crippen molar-refractivity contribution in [3.8, 4) is 0 Å². The molecule has 19 heavy (non-hydrogen) atoms. The zero-order valence-corrected chi connectivity index (χ0v) is 13.5. The average molecular weight is 268 g/mol. The second-order valence-corrected chi connectivity index (χ2v) is 6.63. The Morgan fingerprint density at radius 1 is 1.16 bits per heavy atom. The smallest absolute Gasteiger partial charge is 0.0304 e. The van der Waals surface area contributed by atoms with Gasteiger partial charge in [-0.15, -0.1) is 0 Å². The van der Waals surface area contributed by atoms with Crippen LogP contribution in [0, 0.1) is 11.8 Å². The lowest BCUT2D eigenvalue weighted by Gasteiger charge is -2.34. The Bertz CT molecular complexity index is 225. The van der Waals surface area contributed by atoms with Gasteiger partial charge in [0.1, 0.15) is 0 Å². The molecule has 1 aliphatic carbocycles. The van der Waals surface area contributed by atoms with Gasteiger partial charge in [0.15, 0.2) is 0 Å². The van der Waals surface area contributed by atoms with E-state index in [-0.39, 0.29) is 5.54 Å². The monoisotopic (exact) mass is 268 g/mol. The van der Waals surface area contributed by atoms with Crippen LogP contribution in [-0.4, -0.2) is 18.6 Å². The molecule has 0 radical (unpaired) electrons. The standard InChI is InChI=1S/C17H36N2/c1-4-8-16-9-7-11-17(14-18,12-10-16)19-13-15(5-2)6-3/h15-16,19H,4-14,18H2,1-3H3. The van der Waals surface area contributed by atoms with Gasteiger partial charge in [0.05, 0.1) is 0 Å². The third kappa shape index (κ3) is 5.43. The summed E-state index contributed by atoms with van der Waals surface area (Å²) < 4.78 is 0. The molecule has 2 nitrogen and oxygen atoms in total. The van der Waals surface area contributed by atoms with Crippen LogP contribution in [0.15, 0.2) is 0 Å². The fraction of sp³-hybridized carbons (Fsp3) is 1.00. The van der Waals surface area contributed by atoms with Gasteiger partial charge in [-0.1, -0.05) is 59.3 Å². The van der Waals surface area contributed by atoms with Crippen molar-refractivity contribution in [2.45, 2.75) is 84.1 Å². The van der Waals surface area contributed by atoms with E-state index in [1.54, 1.807) is 0 Å². The number of hydrogen-bond acceptors (Lipinski definition) is 2. The molecule has 0 aromatic rings. The minimum absolute atomic E-state index is 0.241. The highest BCUT2D eigenvalue weighted by Gasteiger charge is 2.31. The minimum Gasteiger partial charge on any atom is -0.329 e. The molecule has 1 aliphatic rings. The van der Waals surface area contributed by atoms with Crippen LogP contribution in [0.2, 0.25) is 0 Å². The summed E-state index contributed by atoms with van der Waals surface area (Å²) in [4.78, 5) is 0. The van der Waals surface area contributed by atoms with E-state index in [0.717, 1.165) is 24.9 Å². The first-order chi connectivity index (χ1) is 9.19. The van der Waals surface area contributed by atoms with E-state index < -0.39 is 0 Å². The molecular formula is C17H36N2. The van der Waals surface area contributed by atoms with Crippen molar-refractivity contribution < 1.29 is 0 Å². The maximum absolute atomic E-state index is 6.13. The second-order valence-electron chi connectivity index (χ2n) is 6.63. The largest absolute Gasteiger partial charge is 0.329 e. The van der Waals surface area contributed by atoms with E-state index in [1.807, 2.05) is 0 Å². The third-order valence-corrected chi connectivity index (χ3v) is 5.31. The summed E-state index contributed by atoms with van der Waals surface area (Å²) in [6, 6.07) is 0. The summed E-state index contributed by atoms with van der Waals surface area (Å²) in [5, 5.41) is 3.86. The van der Waals surface area contributed by atoms with Crippen molar-refractivity contribution in [3.05, 3.63) is 0 Å². The van der Waals surface area contributed by atoms with Crippen molar-refractivity contribution in [3.63, 3.8) is 0 Å². The van der Waals surface area contributed by atoms with Gasteiger partial charge in [0.2, 0.25) is 0 Å². The average Bonchev–Trinajstić information content (AvgIpc) is 2.64. The van der Waals surface area contributed by atoms with Crippen LogP contribution in [0.25, 0.3) is 0 Å². The molecule has 2 heteroatoms. The zero-order valence-electron chi connectivity index (χ0n) is 13.5. The number of nitrogens with two attached hydrogens (primary N) is 1. The minimum atomic E-state index is 0.241. The first kappa shape index (κ1) is 17.0. The van der Waals surface area contributed by atoms with Gasteiger partial charge in [0, 0.05) is 12.1 Å². The SMILES string of the molecule is CCCC1CCCC(CN)(NCC(CC)CC)CC1. The highest BCUT2D eigenvalue weighted by atomic mass is 15.0. The van der Waals surface area contributed by atoms with Crippen LogP contribution in [0.4, 0.5) is 0 Å². The molecule has 0 bridgehead atoms. The normalized spacial score (nSPS) is 28.6.